The van der Waals surface area contributed by atoms with E-state index >= 15 is 0 Å². The summed E-state index contributed by atoms with van der Waals surface area (Å²) in [6, 6.07) is 1.66. The maximum atomic E-state index is 8.99. The highest BCUT2D eigenvalue weighted by atomic mass is 35.5. The van der Waals surface area contributed by atoms with Crippen LogP contribution < -0.4 is 10.6 Å². The lowest BCUT2D eigenvalue weighted by atomic mass is 10.3. The molecule has 1 aromatic rings. The van der Waals surface area contributed by atoms with Gasteiger partial charge in [0.1, 0.15) is 11.0 Å². The average molecular weight is 245 g/mol. The first-order valence-electron chi connectivity index (χ1n) is 5.33. The molecule has 0 aliphatic heterocycles. The van der Waals surface area contributed by atoms with Gasteiger partial charge in [0.2, 0.25) is 5.95 Å². The topological polar surface area (TPSA) is 75.3 Å². The van der Waals surface area contributed by atoms with E-state index in [1.165, 1.54) is 0 Å². The quantitative estimate of drug-likeness (QED) is 0.738. The predicted molar refractivity (Wildman–Crippen MR) is 65.7 cm³/mol. The van der Waals surface area contributed by atoms with Crippen molar-refractivity contribution >= 4 is 23.4 Å². The molecule has 0 saturated carbocycles. The first-order valence-corrected chi connectivity index (χ1v) is 5.71. The Bertz CT molecular complexity index is 314. The molecule has 0 radical (unpaired) electrons. The lowest BCUT2D eigenvalue weighted by Gasteiger charge is -2.22. The molecule has 1 heterocycles. The van der Waals surface area contributed by atoms with Gasteiger partial charge in [0.25, 0.3) is 0 Å². The lowest BCUT2D eigenvalue weighted by molar-refractivity contribution is 0.301. The van der Waals surface area contributed by atoms with Crippen molar-refractivity contribution in [2.24, 2.45) is 0 Å². The molecule has 1 aromatic heterocycles. The third-order valence-electron chi connectivity index (χ3n) is 2.17. The van der Waals surface area contributed by atoms with Gasteiger partial charge in [0.15, 0.2) is 0 Å². The summed E-state index contributed by atoms with van der Waals surface area (Å²) in [5, 5.41) is 9.31. The van der Waals surface area contributed by atoms with Crippen molar-refractivity contribution in [3.63, 3.8) is 0 Å². The molecule has 0 amide bonds. The number of aliphatic hydroxyl groups excluding tert-OH is 1. The van der Waals surface area contributed by atoms with E-state index in [1.807, 2.05) is 4.90 Å². The smallest absolute Gasteiger partial charge is 0.223 e. The highest BCUT2D eigenvalue weighted by Gasteiger charge is 2.09. The summed E-state index contributed by atoms with van der Waals surface area (Å²) in [5.74, 6) is 0.821. The van der Waals surface area contributed by atoms with Gasteiger partial charge >= 0.3 is 0 Å². The number of anilines is 2. The van der Waals surface area contributed by atoms with E-state index in [0.29, 0.717) is 17.5 Å². The van der Waals surface area contributed by atoms with Crippen LogP contribution in [0.25, 0.3) is 0 Å². The molecule has 16 heavy (non-hydrogen) atoms. The monoisotopic (exact) mass is 244 g/mol. The maximum Gasteiger partial charge on any atom is 0.223 e. The molecule has 0 bridgehead atoms. The molecular formula is C10H17ClN4O. The van der Waals surface area contributed by atoms with Gasteiger partial charge in [-0.1, -0.05) is 24.9 Å². The SMILES string of the molecule is CCCCN(CCO)c1cc(Cl)nc(N)n1. The van der Waals surface area contributed by atoms with Crippen molar-refractivity contribution in [2.45, 2.75) is 19.8 Å². The van der Waals surface area contributed by atoms with Crippen molar-refractivity contribution in [1.29, 1.82) is 0 Å². The third kappa shape index (κ3) is 3.83. The van der Waals surface area contributed by atoms with E-state index in [0.717, 1.165) is 19.4 Å². The van der Waals surface area contributed by atoms with Crippen LogP contribution in [-0.2, 0) is 0 Å². The van der Waals surface area contributed by atoms with Crippen molar-refractivity contribution < 1.29 is 5.11 Å². The number of hydrogen-bond acceptors (Lipinski definition) is 5. The maximum absolute atomic E-state index is 8.99. The summed E-state index contributed by atoms with van der Waals surface area (Å²) in [6.07, 6.45) is 2.11. The van der Waals surface area contributed by atoms with Crippen molar-refractivity contribution in [3.8, 4) is 0 Å². The highest BCUT2D eigenvalue weighted by molar-refractivity contribution is 6.29. The van der Waals surface area contributed by atoms with Crippen LogP contribution >= 0.6 is 11.6 Å². The molecule has 0 aliphatic carbocycles. The minimum absolute atomic E-state index is 0.0746. The van der Waals surface area contributed by atoms with Gasteiger partial charge < -0.3 is 15.7 Å². The van der Waals surface area contributed by atoms with Gasteiger partial charge in [-0.2, -0.15) is 4.98 Å². The fourth-order valence-corrected chi connectivity index (χ4v) is 1.58. The van der Waals surface area contributed by atoms with Crippen molar-refractivity contribution in [2.75, 3.05) is 30.3 Å². The number of aromatic nitrogens is 2. The molecule has 0 unspecified atom stereocenters. The zero-order valence-electron chi connectivity index (χ0n) is 9.36. The fourth-order valence-electron chi connectivity index (χ4n) is 1.40. The molecule has 0 aromatic carbocycles. The first kappa shape index (κ1) is 13.0. The first-order chi connectivity index (χ1) is 7.67. The second-order valence-corrected chi connectivity index (χ2v) is 3.86. The second-order valence-electron chi connectivity index (χ2n) is 3.47. The Morgan fingerprint density at radius 1 is 1.44 bits per heavy atom. The average Bonchev–Trinajstić information content (AvgIpc) is 2.22. The van der Waals surface area contributed by atoms with Gasteiger partial charge in [-0.25, -0.2) is 4.98 Å². The van der Waals surface area contributed by atoms with Crippen LogP contribution in [0.4, 0.5) is 11.8 Å². The molecule has 3 N–H and O–H groups in total. The predicted octanol–water partition coefficient (Wildman–Crippen LogP) is 1.31. The van der Waals surface area contributed by atoms with Crippen molar-refractivity contribution in [1.82, 2.24) is 9.97 Å². The number of halogens is 1. The van der Waals surface area contributed by atoms with Crippen LogP contribution in [0, 0.1) is 0 Å². The van der Waals surface area contributed by atoms with Gasteiger partial charge in [0.05, 0.1) is 6.61 Å². The lowest BCUT2D eigenvalue weighted by Crippen LogP contribution is -2.28. The minimum Gasteiger partial charge on any atom is -0.395 e. The van der Waals surface area contributed by atoms with Gasteiger partial charge in [-0.15, -0.1) is 0 Å². The Hall–Kier alpha value is -1.07. The summed E-state index contributed by atoms with van der Waals surface area (Å²) in [6.45, 7) is 3.53. The summed E-state index contributed by atoms with van der Waals surface area (Å²) in [7, 11) is 0. The molecular weight excluding hydrogens is 228 g/mol. The molecule has 0 fully saturated rings. The van der Waals surface area contributed by atoms with Crippen LogP contribution in [0.15, 0.2) is 6.07 Å². The highest BCUT2D eigenvalue weighted by Crippen LogP contribution is 2.17. The van der Waals surface area contributed by atoms with Crippen LogP contribution in [0.5, 0.6) is 0 Å². The number of aliphatic hydroxyl groups is 1. The Labute approximate surface area is 100 Å². The Balaban J connectivity index is 2.82. The Kier molecular flexibility index (Phi) is 5.28. The normalized spacial score (nSPS) is 10.4. The zero-order chi connectivity index (χ0) is 12.0. The van der Waals surface area contributed by atoms with E-state index in [2.05, 4.69) is 16.9 Å². The number of hydrogen-bond donors (Lipinski definition) is 2. The summed E-state index contributed by atoms with van der Waals surface area (Å²) >= 11 is 5.81. The van der Waals surface area contributed by atoms with E-state index in [4.69, 9.17) is 22.4 Å². The van der Waals surface area contributed by atoms with E-state index in [1.54, 1.807) is 6.07 Å². The number of nitrogen functional groups attached to an aromatic ring is 1. The molecule has 0 aliphatic rings. The number of nitrogens with two attached hydrogens (primary N) is 1. The molecule has 1 rings (SSSR count). The number of rotatable bonds is 6. The molecule has 0 atom stereocenters. The van der Waals surface area contributed by atoms with Crippen LogP contribution in [-0.4, -0.2) is 34.8 Å². The van der Waals surface area contributed by atoms with Crippen molar-refractivity contribution in [3.05, 3.63) is 11.2 Å². The molecule has 90 valence electrons. The number of nitrogens with zero attached hydrogens (tertiary/aromatic N) is 3. The Morgan fingerprint density at radius 3 is 2.75 bits per heavy atom. The minimum atomic E-state index is 0.0746. The van der Waals surface area contributed by atoms with Crippen LogP contribution in [0.1, 0.15) is 19.8 Å². The standard InChI is InChI=1S/C10H17ClN4O/c1-2-3-4-15(5-6-16)9-7-8(11)13-10(12)14-9/h7,16H,2-6H2,1H3,(H2,12,13,14). The largest absolute Gasteiger partial charge is 0.395 e. The summed E-state index contributed by atoms with van der Waals surface area (Å²) in [5.41, 5.74) is 5.53. The fraction of sp³-hybridized carbons (Fsp3) is 0.600. The van der Waals surface area contributed by atoms with Crippen LogP contribution in [0.3, 0.4) is 0 Å². The summed E-state index contributed by atoms with van der Waals surface area (Å²) < 4.78 is 0. The van der Waals surface area contributed by atoms with Crippen LogP contribution in [0.2, 0.25) is 5.15 Å². The third-order valence-corrected chi connectivity index (χ3v) is 2.37. The summed E-state index contributed by atoms with van der Waals surface area (Å²) in [4.78, 5) is 9.85. The molecule has 5 nitrogen and oxygen atoms in total. The van der Waals surface area contributed by atoms with E-state index in [9.17, 15) is 0 Å². The molecule has 0 spiro atoms. The molecule has 6 heteroatoms. The molecule has 0 saturated heterocycles. The van der Waals surface area contributed by atoms with E-state index < -0.39 is 0 Å². The van der Waals surface area contributed by atoms with E-state index in [-0.39, 0.29) is 12.6 Å². The van der Waals surface area contributed by atoms with Gasteiger partial charge in [-0.05, 0) is 6.42 Å². The van der Waals surface area contributed by atoms with Gasteiger partial charge in [-0.3, -0.25) is 0 Å². The number of unbranched alkanes of at least 4 members (excludes halogenated alkanes) is 1. The second kappa shape index (κ2) is 6.50. The van der Waals surface area contributed by atoms with Gasteiger partial charge in [0, 0.05) is 19.2 Å². The zero-order valence-corrected chi connectivity index (χ0v) is 10.1. The Morgan fingerprint density at radius 2 is 2.19 bits per heavy atom.